The normalized spacial score (nSPS) is 27.4. The highest BCUT2D eigenvalue weighted by molar-refractivity contribution is 4.71. The first-order valence-corrected chi connectivity index (χ1v) is 8.08. The summed E-state index contributed by atoms with van der Waals surface area (Å²) in [5, 5.41) is 0. The van der Waals surface area contributed by atoms with E-state index in [0.717, 1.165) is 23.7 Å². The van der Waals surface area contributed by atoms with Crippen LogP contribution in [0.25, 0.3) is 0 Å². The van der Waals surface area contributed by atoms with Crippen molar-refractivity contribution in [2.24, 2.45) is 23.7 Å². The van der Waals surface area contributed by atoms with Gasteiger partial charge in [0, 0.05) is 0 Å². The molecule has 0 heterocycles. The highest BCUT2D eigenvalue weighted by Gasteiger charge is 2.18. The van der Waals surface area contributed by atoms with Gasteiger partial charge in [-0.2, -0.15) is 0 Å². The van der Waals surface area contributed by atoms with E-state index in [-0.39, 0.29) is 0 Å². The maximum Gasteiger partial charge on any atom is -0.0414 e. The van der Waals surface area contributed by atoms with Crippen molar-refractivity contribution >= 4 is 0 Å². The molecule has 0 radical (unpaired) electrons. The lowest BCUT2D eigenvalue weighted by Gasteiger charge is -2.27. The molecule has 17 heavy (non-hydrogen) atoms. The molecule has 1 aliphatic carbocycles. The molecule has 0 nitrogen and oxygen atoms in total. The van der Waals surface area contributed by atoms with Gasteiger partial charge in [0.05, 0.1) is 0 Å². The Labute approximate surface area is 110 Å². The third-order valence-electron chi connectivity index (χ3n) is 4.68. The summed E-state index contributed by atoms with van der Waals surface area (Å²) < 4.78 is 0. The fraction of sp³-hybridized carbons (Fsp3) is 1.00. The van der Waals surface area contributed by atoms with Crippen LogP contribution in [0.2, 0.25) is 0 Å². The zero-order valence-electron chi connectivity index (χ0n) is 12.7. The molecular formula is C17H34. The molecule has 1 rings (SSSR count). The van der Waals surface area contributed by atoms with Gasteiger partial charge in [-0.3, -0.25) is 0 Å². The van der Waals surface area contributed by atoms with Gasteiger partial charge in [-0.15, -0.1) is 0 Å². The molecule has 0 bridgehead atoms. The van der Waals surface area contributed by atoms with E-state index < -0.39 is 0 Å². The van der Waals surface area contributed by atoms with E-state index in [4.69, 9.17) is 0 Å². The third kappa shape index (κ3) is 7.11. The summed E-state index contributed by atoms with van der Waals surface area (Å²) in [5.74, 6) is 3.93. The Morgan fingerprint density at radius 2 is 1.53 bits per heavy atom. The van der Waals surface area contributed by atoms with Crippen molar-refractivity contribution in [3.63, 3.8) is 0 Å². The first kappa shape index (κ1) is 15.1. The van der Waals surface area contributed by atoms with Crippen molar-refractivity contribution in [2.75, 3.05) is 0 Å². The Bertz CT molecular complexity index is 174. The number of hydrogen-bond donors (Lipinski definition) is 0. The van der Waals surface area contributed by atoms with Crippen LogP contribution in [0, 0.1) is 23.7 Å². The van der Waals surface area contributed by atoms with Crippen LogP contribution in [0.4, 0.5) is 0 Å². The summed E-state index contributed by atoms with van der Waals surface area (Å²) in [7, 11) is 0. The highest BCUT2D eigenvalue weighted by atomic mass is 14.2. The quantitative estimate of drug-likeness (QED) is 0.506. The van der Waals surface area contributed by atoms with Crippen LogP contribution < -0.4 is 0 Å². The predicted molar refractivity (Wildman–Crippen MR) is 78.2 cm³/mol. The monoisotopic (exact) mass is 238 g/mol. The second kappa shape index (κ2) is 8.16. The minimum absolute atomic E-state index is 0.891. The average Bonchev–Trinajstić information content (AvgIpc) is 2.28. The lowest BCUT2D eigenvalue weighted by molar-refractivity contribution is 0.259. The topological polar surface area (TPSA) is 0 Å². The fourth-order valence-corrected chi connectivity index (χ4v) is 3.16. The van der Waals surface area contributed by atoms with Gasteiger partial charge in [-0.25, -0.2) is 0 Å². The molecule has 0 amide bonds. The second-order valence-electron chi connectivity index (χ2n) is 7.13. The largest absolute Gasteiger partial charge is 0.0628 e. The van der Waals surface area contributed by atoms with Gasteiger partial charge in [-0.1, -0.05) is 85.5 Å². The van der Waals surface area contributed by atoms with E-state index in [1.165, 1.54) is 57.8 Å². The van der Waals surface area contributed by atoms with E-state index in [0.29, 0.717) is 0 Å². The van der Waals surface area contributed by atoms with Crippen LogP contribution in [-0.4, -0.2) is 0 Å². The van der Waals surface area contributed by atoms with Gasteiger partial charge >= 0.3 is 0 Å². The third-order valence-corrected chi connectivity index (χ3v) is 4.68. The molecule has 0 aromatic rings. The zero-order valence-corrected chi connectivity index (χ0v) is 12.7. The molecule has 0 aliphatic heterocycles. The Morgan fingerprint density at radius 1 is 0.882 bits per heavy atom. The summed E-state index contributed by atoms with van der Waals surface area (Å²) in [4.78, 5) is 0. The van der Waals surface area contributed by atoms with Crippen LogP contribution >= 0.6 is 0 Å². The molecule has 0 saturated heterocycles. The summed E-state index contributed by atoms with van der Waals surface area (Å²) in [6.07, 6.45) is 13.3. The van der Waals surface area contributed by atoms with Crippen molar-refractivity contribution in [3.8, 4) is 0 Å². The second-order valence-corrected chi connectivity index (χ2v) is 7.13. The predicted octanol–water partition coefficient (Wildman–Crippen LogP) is 6.06. The van der Waals surface area contributed by atoms with Crippen LogP contribution in [-0.2, 0) is 0 Å². The molecule has 1 aliphatic rings. The van der Waals surface area contributed by atoms with Gasteiger partial charge in [0.25, 0.3) is 0 Å². The fourth-order valence-electron chi connectivity index (χ4n) is 3.16. The van der Waals surface area contributed by atoms with Crippen molar-refractivity contribution in [1.82, 2.24) is 0 Å². The zero-order chi connectivity index (χ0) is 12.7. The standard InChI is InChI=1S/C17H34/c1-14(2)6-5-7-15(3)8-11-17-12-9-16(4)10-13-17/h14-17H,5-13H2,1-4H3. The van der Waals surface area contributed by atoms with Crippen LogP contribution in [0.5, 0.6) is 0 Å². The minimum Gasteiger partial charge on any atom is -0.0628 e. The van der Waals surface area contributed by atoms with Crippen LogP contribution in [0.3, 0.4) is 0 Å². The van der Waals surface area contributed by atoms with Crippen molar-refractivity contribution in [3.05, 3.63) is 0 Å². The van der Waals surface area contributed by atoms with E-state index in [2.05, 4.69) is 27.7 Å². The van der Waals surface area contributed by atoms with Crippen molar-refractivity contribution < 1.29 is 0 Å². The van der Waals surface area contributed by atoms with Gasteiger partial charge < -0.3 is 0 Å². The maximum atomic E-state index is 2.46. The van der Waals surface area contributed by atoms with Crippen LogP contribution in [0.15, 0.2) is 0 Å². The van der Waals surface area contributed by atoms with Gasteiger partial charge in [0.15, 0.2) is 0 Å². The molecular weight excluding hydrogens is 204 g/mol. The van der Waals surface area contributed by atoms with E-state index in [9.17, 15) is 0 Å². The Hall–Kier alpha value is 0. The van der Waals surface area contributed by atoms with Crippen LogP contribution in [0.1, 0.15) is 85.5 Å². The molecule has 0 aromatic carbocycles. The minimum atomic E-state index is 0.891. The highest BCUT2D eigenvalue weighted by Crippen LogP contribution is 2.32. The smallest absolute Gasteiger partial charge is 0.0414 e. The average molecular weight is 238 g/mol. The van der Waals surface area contributed by atoms with Gasteiger partial charge in [0.1, 0.15) is 0 Å². The molecule has 0 heteroatoms. The van der Waals surface area contributed by atoms with Gasteiger partial charge in [-0.05, 0) is 23.7 Å². The molecule has 0 N–H and O–H groups in total. The maximum absolute atomic E-state index is 2.46. The summed E-state index contributed by atoms with van der Waals surface area (Å²) >= 11 is 0. The molecule has 1 saturated carbocycles. The lowest BCUT2D eigenvalue weighted by Crippen LogP contribution is -2.13. The van der Waals surface area contributed by atoms with Crippen molar-refractivity contribution in [1.29, 1.82) is 0 Å². The first-order chi connectivity index (χ1) is 8.08. The lowest BCUT2D eigenvalue weighted by atomic mass is 9.79. The molecule has 0 aromatic heterocycles. The Balaban J connectivity index is 2.01. The first-order valence-electron chi connectivity index (χ1n) is 8.08. The number of hydrogen-bond acceptors (Lipinski definition) is 0. The van der Waals surface area contributed by atoms with E-state index >= 15 is 0 Å². The van der Waals surface area contributed by atoms with Gasteiger partial charge in [0.2, 0.25) is 0 Å². The van der Waals surface area contributed by atoms with E-state index in [1.807, 2.05) is 0 Å². The SMILES string of the molecule is CC(C)CCCC(C)CCC1CCC(C)CC1. The molecule has 0 spiro atoms. The van der Waals surface area contributed by atoms with Crippen molar-refractivity contribution in [2.45, 2.75) is 85.5 Å². The molecule has 1 unspecified atom stereocenters. The molecule has 1 fully saturated rings. The Kier molecular flexibility index (Phi) is 7.23. The summed E-state index contributed by atoms with van der Waals surface area (Å²) in [6.45, 7) is 9.57. The Morgan fingerprint density at radius 3 is 2.12 bits per heavy atom. The van der Waals surface area contributed by atoms with E-state index in [1.54, 1.807) is 0 Å². The summed E-state index contributed by atoms with van der Waals surface area (Å²) in [5.41, 5.74) is 0. The molecule has 1 atom stereocenters. The molecule has 102 valence electrons. The number of rotatable bonds is 7. The summed E-state index contributed by atoms with van der Waals surface area (Å²) in [6, 6.07) is 0.